The number of rotatable bonds is 10. The Balaban J connectivity index is 0.000000445. The fourth-order valence-corrected chi connectivity index (χ4v) is 5.99. The number of nitrogens with one attached hydrogen (secondary N) is 1. The number of hydrogen-bond donors (Lipinski definition) is 2. The highest BCUT2D eigenvalue weighted by Crippen LogP contribution is 2.26. The van der Waals surface area contributed by atoms with Crippen LogP contribution in [0.15, 0.2) is 60.7 Å². The van der Waals surface area contributed by atoms with Crippen molar-refractivity contribution in [2.45, 2.75) is 123 Å². The van der Waals surface area contributed by atoms with Gasteiger partial charge in [-0.05, 0) is 110 Å². The molecule has 0 unspecified atom stereocenters. The molecule has 2 heterocycles. The van der Waals surface area contributed by atoms with Gasteiger partial charge in [-0.1, -0.05) is 67.6 Å². The third-order valence-electron chi connectivity index (χ3n) is 8.44. The first kappa shape index (κ1) is 49.3. The average molecular weight is 782 g/mol. The molecular weight excluding hydrogens is 714 g/mol. The molecule has 0 radical (unpaired) electrons. The molecule has 0 aliphatic carbocycles. The van der Waals surface area contributed by atoms with Gasteiger partial charge in [0, 0.05) is 26.1 Å². The van der Waals surface area contributed by atoms with Crippen molar-refractivity contribution in [2.75, 3.05) is 40.4 Å². The lowest BCUT2D eigenvalue weighted by Crippen LogP contribution is -2.44. The summed E-state index contributed by atoms with van der Waals surface area (Å²) in [5.74, 6) is -0.490. The molecule has 2 aliphatic heterocycles. The van der Waals surface area contributed by atoms with Crippen molar-refractivity contribution in [3.8, 4) is 6.07 Å². The monoisotopic (exact) mass is 781 g/mol. The highest BCUT2D eigenvalue weighted by Gasteiger charge is 2.42. The number of likely N-dealkylation sites (tertiary alicyclic amines) is 2. The summed E-state index contributed by atoms with van der Waals surface area (Å²) in [7, 11) is 2.68. The molecule has 2 saturated heterocycles. The second-order valence-electron chi connectivity index (χ2n) is 15.8. The number of esters is 2. The molecule has 13 heteroatoms. The third kappa shape index (κ3) is 19.8. The normalized spacial score (nSPS) is 18.7. The number of nitrogens with two attached hydrogens (primary N) is 1. The fourth-order valence-electron chi connectivity index (χ4n) is 5.99. The van der Waals surface area contributed by atoms with Crippen LogP contribution in [-0.2, 0) is 41.4 Å². The molecule has 0 bridgehead atoms. The van der Waals surface area contributed by atoms with E-state index in [2.05, 4.69) is 41.7 Å². The van der Waals surface area contributed by atoms with Crippen molar-refractivity contribution in [3.63, 3.8) is 0 Å². The van der Waals surface area contributed by atoms with E-state index in [-0.39, 0.29) is 17.9 Å². The summed E-state index contributed by atoms with van der Waals surface area (Å²) in [5.41, 5.74) is 6.92. The summed E-state index contributed by atoms with van der Waals surface area (Å²) < 4.78 is 20.3. The number of aryl methyl sites for hydroxylation is 2. The predicted octanol–water partition coefficient (Wildman–Crippen LogP) is 6.67. The van der Waals surface area contributed by atoms with Gasteiger partial charge in [0.2, 0.25) is 0 Å². The van der Waals surface area contributed by atoms with Gasteiger partial charge in [-0.25, -0.2) is 19.2 Å². The SMILES string of the molecule is CC#N.COC(=O)[C@@H]1C[C@@H](C)CN1C(=O)OC(C)(C)C.COC(=O)[C@@H]1C[C@H](NCCCc2ccccc2)CN1C(=O)OC(C)(C)C.NCCCc1ccccc1. The number of nitrogens with zero attached hydrogens (tertiary/aromatic N) is 3. The average Bonchev–Trinajstić information content (AvgIpc) is 3.76. The predicted molar refractivity (Wildman–Crippen MR) is 218 cm³/mol. The number of amides is 2. The van der Waals surface area contributed by atoms with Crippen LogP contribution < -0.4 is 11.1 Å². The molecule has 0 aromatic heterocycles. The summed E-state index contributed by atoms with van der Waals surface area (Å²) >= 11 is 0. The van der Waals surface area contributed by atoms with Crippen molar-refractivity contribution in [1.29, 1.82) is 5.26 Å². The number of carbonyl (C=O) groups excluding carboxylic acids is 4. The van der Waals surface area contributed by atoms with E-state index in [4.69, 9.17) is 29.9 Å². The lowest BCUT2D eigenvalue weighted by Gasteiger charge is -2.27. The molecule has 13 nitrogen and oxygen atoms in total. The minimum Gasteiger partial charge on any atom is -0.467 e. The molecular formula is C43H67N5O8. The van der Waals surface area contributed by atoms with Gasteiger partial charge in [-0.15, -0.1) is 0 Å². The van der Waals surface area contributed by atoms with Crippen LogP contribution >= 0.6 is 0 Å². The molecule has 4 atom stereocenters. The zero-order valence-electron chi connectivity index (χ0n) is 35.3. The Kier molecular flexibility index (Phi) is 22.5. The van der Waals surface area contributed by atoms with Crippen molar-refractivity contribution in [3.05, 3.63) is 71.8 Å². The van der Waals surface area contributed by atoms with Gasteiger partial charge < -0.3 is 30.0 Å². The molecule has 2 aromatic rings. The first-order valence-electron chi connectivity index (χ1n) is 19.4. The quantitative estimate of drug-likeness (QED) is 0.150. The van der Waals surface area contributed by atoms with E-state index >= 15 is 0 Å². The van der Waals surface area contributed by atoms with Crippen molar-refractivity contribution in [1.82, 2.24) is 15.1 Å². The van der Waals surface area contributed by atoms with E-state index in [1.54, 1.807) is 26.8 Å². The van der Waals surface area contributed by atoms with E-state index in [9.17, 15) is 19.2 Å². The van der Waals surface area contributed by atoms with Crippen molar-refractivity contribution in [2.24, 2.45) is 11.7 Å². The lowest BCUT2D eigenvalue weighted by molar-refractivity contribution is -0.146. The van der Waals surface area contributed by atoms with Gasteiger partial charge in [0.1, 0.15) is 23.3 Å². The maximum absolute atomic E-state index is 12.4. The maximum atomic E-state index is 12.4. The first-order chi connectivity index (χ1) is 26.4. The van der Waals surface area contributed by atoms with E-state index < -0.39 is 41.4 Å². The summed E-state index contributed by atoms with van der Waals surface area (Å²) in [6, 6.07) is 21.5. The van der Waals surface area contributed by atoms with E-state index in [0.717, 1.165) is 38.8 Å². The molecule has 0 spiro atoms. The van der Waals surface area contributed by atoms with Crippen molar-refractivity contribution < 1.29 is 38.1 Å². The van der Waals surface area contributed by atoms with Crippen LogP contribution in [-0.4, -0.2) is 104 Å². The molecule has 2 aliphatic rings. The fraction of sp³-hybridized carbons (Fsp3) is 0.605. The smallest absolute Gasteiger partial charge is 0.411 e. The summed E-state index contributed by atoms with van der Waals surface area (Å²) in [4.78, 5) is 50.9. The summed E-state index contributed by atoms with van der Waals surface area (Å²) in [5, 5.41) is 10.8. The Labute approximate surface area is 335 Å². The zero-order valence-corrected chi connectivity index (χ0v) is 35.3. The molecule has 312 valence electrons. The van der Waals surface area contributed by atoms with Gasteiger partial charge in [-0.3, -0.25) is 9.80 Å². The molecule has 2 aromatic carbocycles. The van der Waals surface area contributed by atoms with Crippen LogP contribution in [0.2, 0.25) is 0 Å². The number of hydrogen-bond acceptors (Lipinski definition) is 11. The Morgan fingerprint density at radius 1 is 0.750 bits per heavy atom. The van der Waals surface area contributed by atoms with Crippen LogP contribution in [0.4, 0.5) is 9.59 Å². The molecule has 4 rings (SSSR count). The zero-order chi connectivity index (χ0) is 42.3. The van der Waals surface area contributed by atoms with Gasteiger partial charge in [0.25, 0.3) is 0 Å². The van der Waals surface area contributed by atoms with Crippen molar-refractivity contribution >= 4 is 24.1 Å². The lowest BCUT2D eigenvalue weighted by atomic mass is 10.1. The largest absolute Gasteiger partial charge is 0.467 e. The number of carbonyl (C=O) groups is 4. The topological polar surface area (TPSA) is 174 Å². The van der Waals surface area contributed by atoms with Gasteiger partial charge in [0.15, 0.2) is 0 Å². The second kappa shape index (κ2) is 25.5. The third-order valence-corrected chi connectivity index (χ3v) is 8.44. The van der Waals surface area contributed by atoms with Gasteiger partial charge >= 0.3 is 24.1 Å². The number of ether oxygens (including phenoxy) is 4. The number of benzene rings is 2. The Morgan fingerprint density at radius 3 is 1.57 bits per heavy atom. The Hall–Kier alpha value is -4.67. The molecule has 2 fully saturated rings. The van der Waals surface area contributed by atoms with Crippen LogP contribution in [0.1, 0.15) is 92.2 Å². The van der Waals surface area contributed by atoms with Gasteiger partial charge in [-0.2, -0.15) is 5.26 Å². The summed E-state index contributed by atoms with van der Waals surface area (Å²) in [6.45, 7) is 16.9. The highest BCUT2D eigenvalue weighted by molar-refractivity contribution is 5.83. The molecule has 0 saturated carbocycles. The van der Waals surface area contributed by atoms with Gasteiger partial charge in [0.05, 0.1) is 20.3 Å². The summed E-state index contributed by atoms with van der Waals surface area (Å²) in [6.07, 6.45) is 4.44. The van der Waals surface area contributed by atoms with E-state index in [1.165, 1.54) is 42.1 Å². The van der Waals surface area contributed by atoms with Crippen LogP contribution in [0.5, 0.6) is 0 Å². The first-order valence-corrected chi connectivity index (χ1v) is 19.4. The second-order valence-corrected chi connectivity index (χ2v) is 15.8. The maximum Gasteiger partial charge on any atom is 0.411 e. The number of methoxy groups -OCH3 is 2. The molecule has 56 heavy (non-hydrogen) atoms. The molecule has 2 amide bonds. The Bertz CT molecular complexity index is 1490. The van der Waals surface area contributed by atoms with E-state index in [0.29, 0.717) is 25.9 Å². The Morgan fingerprint density at radius 2 is 1.16 bits per heavy atom. The minimum atomic E-state index is -0.598. The standard InChI is InChI=1S/C20H30N2O4.C12H21NO4.C9H13N.C2H3N/c1-20(2,3)26-19(24)22-14-16(13-17(22)18(23)25-4)21-12-8-11-15-9-6-5-7-10-15;1-8-6-9(10(14)16-5)13(7-8)11(15)17-12(2,3)4;10-8-4-7-9-5-2-1-3-6-9;1-2-3/h5-7,9-10,16-17,21H,8,11-14H2,1-4H3;8-9H,6-7H2,1-5H3;1-3,5-6H,4,7-8,10H2;1H3/t16-,17-;8-,9+;;/m01../s1. The van der Waals surface area contributed by atoms with E-state index in [1.807, 2.05) is 52.0 Å². The van der Waals surface area contributed by atoms with Crippen LogP contribution in [0.25, 0.3) is 0 Å². The van der Waals surface area contributed by atoms with Crippen LogP contribution in [0, 0.1) is 17.2 Å². The van der Waals surface area contributed by atoms with Crippen LogP contribution in [0.3, 0.4) is 0 Å². The molecule has 3 N–H and O–H groups in total. The minimum absolute atomic E-state index is 0.0578. The number of nitriles is 1. The highest BCUT2D eigenvalue weighted by atomic mass is 16.6.